The summed E-state index contributed by atoms with van der Waals surface area (Å²) in [6.45, 7) is 0.152. The minimum atomic E-state index is -0.648. The molecule has 2 aromatic heterocycles. The first kappa shape index (κ1) is 16.5. The highest BCUT2D eigenvalue weighted by molar-refractivity contribution is 5.84. The second-order valence-corrected chi connectivity index (χ2v) is 5.30. The van der Waals surface area contributed by atoms with Gasteiger partial charge in [0.05, 0.1) is 17.4 Å². The van der Waals surface area contributed by atoms with Crippen molar-refractivity contribution < 1.29 is 8.78 Å². The number of hydrogen-bond acceptors (Lipinski definition) is 6. The minimum absolute atomic E-state index is 0.152. The Kier molecular flexibility index (Phi) is 4.64. The molecule has 0 amide bonds. The molecule has 0 atom stereocenters. The molecule has 1 aromatic carbocycles. The summed E-state index contributed by atoms with van der Waals surface area (Å²) in [4.78, 5) is 8.43. The van der Waals surface area contributed by atoms with Crippen molar-refractivity contribution in [2.45, 2.75) is 6.54 Å². The summed E-state index contributed by atoms with van der Waals surface area (Å²) in [5.74, 6) is -0.607. The Balaban J connectivity index is 1.78. The smallest absolute Gasteiger partial charge is 0.229 e. The van der Waals surface area contributed by atoms with E-state index in [0.717, 1.165) is 12.3 Å². The van der Waals surface area contributed by atoms with Gasteiger partial charge in [-0.15, -0.1) is 0 Å². The van der Waals surface area contributed by atoms with Gasteiger partial charge in [0.15, 0.2) is 0 Å². The fraction of sp³-hybridized carbons (Fsp3) is 0.125. The van der Waals surface area contributed by atoms with Gasteiger partial charge in [0, 0.05) is 38.3 Å². The average Bonchev–Trinajstić information content (AvgIpc) is 2.97. The van der Waals surface area contributed by atoms with Gasteiger partial charge in [-0.3, -0.25) is 4.68 Å². The van der Waals surface area contributed by atoms with E-state index < -0.39 is 11.6 Å². The molecule has 0 unspecified atom stereocenters. The van der Waals surface area contributed by atoms with Crippen molar-refractivity contribution in [3.05, 3.63) is 59.6 Å². The van der Waals surface area contributed by atoms with E-state index in [1.54, 1.807) is 24.1 Å². The van der Waals surface area contributed by atoms with Gasteiger partial charge >= 0.3 is 0 Å². The molecule has 128 valence electrons. The third-order valence-corrected chi connectivity index (χ3v) is 3.32. The minimum Gasteiger partial charge on any atom is -0.365 e. The Morgan fingerprint density at radius 1 is 1.20 bits per heavy atom. The average molecular weight is 343 g/mol. The number of rotatable bonds is 6. The van der Waals surface area contributed by atoms with Crippen LogP contribution in [0.1, 0.15) is 11.1 Å². The van der Waals surface area contributed by atoms with Crippen LogP contribution in [0.3, 0.4) is 0 Å². The third kappa shape index (κ3) is 4.14. The lowest BCUT2D eigenvalue weighted by atomic mass is 10.2. The zero-order valence-electron chi connectivity index (χ0n) is 13.3. The van der Waals surface area contributed by atoms with E-state index in [4.69, 9.17) is 5.41 Å². The second kappa shape index (κ2) is 7.04. The van der Waals surface area contributed by atoms with Crippen LogP contribution in [0, 0.1) is 17.0 Å². The zero-order chi connectivity index (χ0) is 17.8. The maximum Gasteiger partial charge on any atom is 0.229 e. The molecule has 25 heavy (non-hydrogen) atoms. The van der Waals surface area contributed by atoms with E-state index in [9.17, 15) is 8.78 Å². The highest BCUT2D eigenvalue weighted by Crippen LogP contribution is 2.17. The van der Waals surface area contributed by atoms with Gasteiger partial charge in [-0.05, 0) is 17.7 Å². The van der Waals surface area contributed by atoms with Crippen LogP contribution < -0.4 is 10.6 Å². The number of anilines is 3. The first-order chi connectivity index (χ1) is 12.0. The molecule has 3 N–H and O–H groups in total. The number of halogens is 2. The van der Waals surface area contributed by atoms with Crippen LogP contribution in [0.4, 0.5) is 26.2 Å². The summed E-state index contributed by atoms with van der Waals surface area (Å²) in [7, 11) is 1.79. The van der Waals surface area contributed by atoms with Crippen molar-refractivity contribution in [3.8, 4) is 0 Å². The second-order valence-electron chi connectivity index (χ2n) is 5.30. The normalized spacial score (nSPS) is 10.5. The molecule has 0 aliphatic rings. The highest BCUT2D eigenvalue weighted by Gasteiger charge is 2.08. The molecule has 0 bridgehead atoms. The molecule has 0 fully saturated rings. The number of nitrogens with one attached hydrogen (secondary N) is 3. The van der Waals surface area contributed by atoms with Gasteiger partial charge in [0.25, 0.3) is 0 Å². The molecule has 0 aliphatic carbocycles. The summed E-state index contributed by atoms with van der Waals surface area (Å²) in [6.07, 6.45) is 5.96. The molecule has 9 heteroatoms. The third-order valence-electron chi connectivity index (χ3n) is 3.32. The van der Waals surface area contributed by atoms with Crippen molar-refractivity contribution in [2.24, 2.45) is 7.05 Å². The Bertz CT molecular complexity index is 887. The van der Waals surface area contributed by atoms with E-state index in [1.807, 2.05) is 0 Å². The van der Waals surface area contributed by atoms with Crippen LogP contribution in [0.5, 0.6) is 0 Å². The first-order valence-electron chi connectivity index (χ1n) is 7.35. The predicted octanol–water partition coefficient (Wildman–Crippen LogP) is 2.84. The van der Waals surface area contributed by atoms with Crippen molar-refractivity contribution >= 4 is 23.7 Å². The summed E-state index contributed by atoms with van der Waals surface area (Å²) in [6, 6.07) is 3.28. The van der Waals surface area contributed by atoms with Crippen LogP contribution in [0.2, 0.25) is 0 Å². The SMILES string of the molecule is Cn1cc(Nc2ncc(C=N)c(NCc3cc(F)cc(F)c3)n2)cn1. The lowest BCUT2D eigenvalue weighted by molar-refractivity contribution is 0.580. The molecule has 3 rings (SSSR count). The molecular weight excluding hydrogens is 328 g/mol. The van der Waals surface area contributed by atoms with Crippen molar-refractivity contribution in [3.63, 3.8) is 0 Å². The lowest BCUT2D eigenvalue weighted by Gasteiger charge is -2.10. The van der Waals surface area contributed by atoms with E-state index in [0.29, 0.717) is 28.6 Å². The number of hydrogen-bond donors (Lipinski definition) is 3. The predicted molar refractivity (Wildman–Crippen MR) is 90.1 cm³/mol. The van der Waals surface area contributed by atoms with Crippen molar-refractivity contribution in [1.82, 2.24) is 19.7 Å². The molecule has 0 spiro atoms. The van der Waals surface area contributed by atoms with E-state index in [2.05, 4.69) is 25.7 Å². The standard InChI is InChI=1S/C16H15F2N7/c1-25-9-14(8-22-25)23-16-21-7-11(5-19)15(24-16)20-6-10-2-12(17)4-13(18)3-10/h2-5,7-9,19H,6H2,1H3,(H2,20,21,23,24). The van der Waals surface area contributed by atoms with E-state index in [-0.39, 0.29) is 6.54 Å². The number of benzene rings is 1. The Labute approximate surface area is 142 Å². The van der Waals surface area contributed by atoms with Gasteiger partial charge in [-0.25, -0.2) is 13.8 Å². The largest absolute Gasteiger partial charge is 0.365 e. The fourth-order valence-corrected chi connectivity index (χ4v) is 2.21. The van der Waals surface area contributed by atoms with Gasteiger partial charge in [-0.1, -0.05) is 0 Å². The molecule has 2 heterocycles. The summed E-state index contributed by atoms with van der Waals surface area (Å²) < 4.78 is 28.2. The quantitative estimate of drug-likeness (QED) is 0.599. The molecular formula is C16H15F2N7. The van der Waals surface area contributed by atoms with Crippen LogP contribution in [-0.4, -0.2) is 26.0 Å². The molecule has 0 saturated heterocycles. The van der Waals surface area contributed by atoms with Gasteiger partial charge in [0.2, 0.25) is 5.95 Å². The van der Waals surface area contributed by atoms with Gasteiger partial charge in [0.1, 0.15) is 17.5 Å². The number of nitrogens with zero attached hydrogens (tertiary/aromatic N) is 4. The summed E-state index contributed by atoms with van der Waals surface area (Å²) in [5.41, 5.74) is 1.59. The Morgan fingerprint density at radius 3 is 2.60 bits per heavy atom. The highest BCUT2D eigenvalue weighted by atomic mass is 19.1. The molecule has 3 aromatic rings. The van der Waals surface area contributed by atoms with Crippen molar-refractivity contribution in [1.29, 1.82) is 5.41 Å². The lowest BCUT2D eigenvalue weighted by Crippen LogP contribution is -2.08. The van der Waals surface area contributed by atoms with Crippen molar-refractivity contribution in [2.75, 3.05) is 10.6 Å². The number of aromatic nitrogens is 4. The zero-order valence-corrected chi connectivity index (χ0v) is 13.3. The van der Waals surface area contributed by atoms with E-state index >= 15 is 0 Å². The fourth-order valence-electron chi connectivity index (χ4n) is 2.21. The van der Waals surface area contributed by atoms with E-state index in [1.165, 1.54) is 18.3 Å². The Hall–Kier alpha value is -3.36. The van der Waals surface area contributed by atoms with Crippen LogP contribution in [0.25, 0.3) is 0 Å². The van der Waals surface area contributed by atoms with Gasteiger partial charge < -0.3 is 16.0 Å². The molecule has 0 radical (unpaired) electrons. The number of aryl methyl sites for hydroxylation is 1. The van der Waals surface area contributed by atoms with Crippen LogP contribution >= 0.6 is 0 Å². The summed E-state index contributed by atoms with van der Waals surface area (Å²) in [5, 5.41) is 17.4. The first-order valence-corrected chi connectivity index (χ1v) is 7.35. The molecule has 0 aliphatic heterocycles. The Morgan fingerprint density at radius 2 is 1.96 bits per heavy atom. The van der Waals surface area contributed by atoms with Crippen LogP contribution in [-0.2, 0) is 13.6 Å². The monoisotopic (exact) mass is 343 g/mol. The maximum atomic E-state index is 13.3. The van der Waals surface area contributed by atoms with Crippen LogP contribution in [0.15, 0.2) is 36.8 Å². The van der Waals surface area contributed by atoms with Gasteiger partial charge in [-0.2, -0.15) is 10.1 Å². The maximum absolute atomic E-state index is 13.3. The molecule has 7 nitrogen and oxygen atoms in total. The topological polar surface area (TPSA) is 91.5 Å². The molecule has 0 saturated carbocycles. The summed E-state index contributed by atoms with van der Waals surface area (Å²) >= 11 is 0.